The second-order valence-electron chi connectivity index (χ2n) is 4.88. The van der Waals surface area contributed by atoms with E-state index < -0.39 is 0 Å². The molecule has 1 saturated carbocycles. The maximum atomic E-state index is 12.7. The van der Waals surface area contributed by atoms with Crippen LogP contribution in [0.3, 0.4) is 0 Å². The van der Waals surface area contributed by atoms with Crippen LogP contribution in [0.2, 0.25) is 0 Å². The number of halogens is 1. The van der Waals surface area contributed by atoms with Gasteiger partial charge in [-0.3, -0.25) is 9.69 Å². The van der Waals surface area contributed by atoms with E-state index in [4.69, 9.17) is 4.74 Å². The smallest absolute Gasteiger partial charge is 0.234 e. The molecule has 0 heterocycles. The highest BCUT2D eigenvalue weighted by molar-refractivity contribution is 5.78. The molecule has 1 fully saturated rings. The fourth-order valence-electron chi connectivity index (χ4n) is 1.68. The Morgan fingerprint density at radius 2 is 2.11 bits per heavy atom. The number of hydrogen-bond acceptors (Lipinski definition) is 3. The summed E-state index contributed by atoms with van der Waals surface area (Å²) in [5.41, 5.74) is 0. The van der Waals surface area contributed by atoms with Gasteiger partial charge in [-0.2, -0.15) is 0 Å². The van der Waals surface area contributed by atoms with E-state index in [1.165, 1.54) is 12.1 Å². The maximum absolute atomic E-state index is 12.7. The van der Waals surface area contributed by atoms with Crippen LogP contribution in [-0.2, 0) is 4.79 Å². The second-order valence-corrected chi connectivity index (χ2v) is 4.88. The molecule has 2 rings (SSSR count). The van der Waals surface area contributed by atoms with Crippen LogP contribution >= 0.6 is 0 Å². The number of likely N-dealkylation sites (N-methyl/N-ethyl adjacent to an activating group) is 1. The van der Waals surface area contributed by atoms with Gasteiger partial charge in [0.25, 0.3) is 0 Å². The zero-order valence-electron chi connectivity index (χ0n) is 11.1. The molecule has 1 aromatic rings. The van der Waals surface area contributed by atoms with Gasteiger partial charge in [-0.15, -0.1) is 0 Å². The lowest BCUT2D eigenvalue weighted by Crippen LogP contribution is -2.37. The van der Waals surface area contributed by atoms with Gasteiger partial charge in [-0.1, -0.05) is 0 Å². The van der Waals surface area contributed by atoms with E-state index in [0.29, 0.717) is 31.5 Å². The van der Waals surface area contributed by atoms with Gasteiger partial charge in [-0.25, -0.2) is 4.39 Å². The Kier molecular flexibility index (Phi) is 4.74. The van der Waals surface area contributed by atoms with Crippen LogP contribution in [0.5, 0.6) is 5.75 Å². The van der Waals surface area contributed by atoms with Crippen molar-refractivity contribution in [2.24, 2.45) is 0 Å². The van der Waals surface area contributed by atoms with Gasteiger partial charge in [0, 0.05) is 12.6 Å². The van der Waals surface area contributed by atoms with Gasteiger partial charge in [-0.05, 0) is 44.2 Å². The number of nitrogens with one attached hydrogen (secondary N) is 1. The second kappa shape index (κ2) is 6.52. The molecule has 0 aliphatic heterocycles. The number of benzene rings is 1. The molecule has 4 nitrogen and oxygen atoms in total. The van der Waals surface area contributed by atoms with E-state index in [1.54, 1.807) is 12.1 Å². The highest BCUT2D eigenvalue weighted by Gasteiger charge is 2.23. The summed E-state index contributed by atoms with van der Waals surface area (Å²) in [4.78, 5) is 13.4. The molecule has 1 aliphatic carbocycles. The Morgan fingerprint density at radius 1 is 1.42 bits per heavy atom. The predicted molar refractivity (Wildman–Crippen MR) is 70.6 cm³/mol. The summed E-state index contributed by atoms with van der Waals surface area (Å²) < 4.78 is 18.1. The standard InChI is InChI=1S/C14H19FN2O2/c1-17(10-14(18)16-12-4-5-12)8-9-19-13-6-2-11(15)3-7-13/h2-3,6-7,12H,4-5,8-10H2,1H3,(H,16,18). The number of hydrogen-bond donors (Lipinski definition) is 1. The zero-order valence-corrected chi connectivity index (χ0v) is 11.1. The van der Waals surface area contributed by atoms with E-state index in [9.17, 15) is 9.18 Å². The Hall–Kier alpha value is -1.62. The molecule has 1 aliphatic rings. The molecule has 0 atom stereocenters. The minimum Gasteiger partial charge on any atom is -0.492 e. The third kappa shape index (κ3) is 5.26. The lowest BCUT2D eigenvalue weighted by Gasteiger charge is -2.16. The van der Waals surface area contributed by atoms with E-state index in [2.05, 4.69) is 5.32 Å². The molecule has 0 unspecified atom stereocenters. The molecule has 1 N–H and O–H groups in total. The largest absolute Gasteiger partial charge is 0.492 e. The van der Waals surface area contributed by atoms with Crippen molar-refractivity contribution < 1.29 is 13.9 Å². The van der Waals surface area contributed by atoms with Crippen molar-refractivity contribution in [1.29, 1.82) is 0 Å². The van der Waals surface area contributed by atoms with Crippen molar-refractivity contribution in [3.05, 3.63) is 30.1 Å². The van der Waals surface area contributed by atoms with Crippen LogP contribution in [0, 0.1) is 5.82 Å². The number of nitrogens with zero attached hydrogens (tertiary/aromatic N) is 1. The number of amides is 1. The molecule has 1 aromatic carbocycles. The summed E-state index contributed by atoms with van der Waals surface area (Å²) >= 11 is 0. The normalized spacial score (nSPS) is 14.5. The van der Waals surface area contributed by atoms with Gasteiger partial charge in [0.05, 0.1) is 6.54 Å². The van der Waals surface area contributed by atoms with Crippen LogP contribution in [-0.4, -0.2) is 43.6 Å². The van der Waals surface area contributed by atoms with Crippen LogP contribution < -0.4 is 10.1 Å². The van der Waals surface area contributed by atoms with E-state index in [-0.39, 0.29) is 11.7 Å². The molecule has 19 heavy (non-hydrogen) atoms. The van der Waals surface area contributed by atoms with Crippen molar-refractivity contribution in [1.82, 2.24) is 10.2 Å². The van der Waals surface area contributed by atoms with Crippen molar-refractivity contribution in [3.8, 4) is 5.75 Å². The van der Waals surface area contributed by atoms with Gasteiger partial charge in [0.2, 0.25) is 5.91 Å². The molecule has 104 valence electrons. The minimum absolute atomic E-state index is 0.0618. The molecule has 5 heteroatoms. The highest BCUT2D eigenvalue weighted by Crippen LogP contribution is 2.18. The number of carbonyl (C=O) groups excluding carboxylic acids is 1. The van der Waals surface area contributed by atoms with Crippen LogP contribution in [0.25, 0.3) is 0 Å². The van der Waals surface area contributed by atoms with Gasteiger partial charge in [0.1, 0.15) is 18.2 Å². The first-order valence-corrected chi connectivity index (χ1v) is 6.50. The third-order valence-electron chi connectivity index (χ3n) is 2.91. The topological polar surface area (TPSA) is 41.6 Å². The van der Waals surface area contributed by atoms with Crippen molar-refractivity contribution in [3.63, 3.8) is 0 Å². The molecular formula is C14H19FN2O2. The van der Waals surface area contributed by atoms with Crippen LogP contribution in [0.1, 0.15) is 12.8 Å². The maximum Gasteiger partial charge on any atom is 0.234 e. The number of rotatable bonds is 7. The monoisotopic (exact) mass is 266 g/mol. The van der Waals surface area contributed by atoms with Crippen molar-refractivity contribution in [2.75, 3.05) is 26.7 Å². The average Bonchev–Trinajstić information content (AvgIpc) is 3.15. The van der Waals surface area contributed by atoms with Crippen LogP contribution in [0.15, 0.2) is 24.3 Å². The van der Waals surface area contributed by atoms with E-state index in [0.717, 1.165) is 12.8 Å². The Labute approximate surface area is 112 Å². The number of carbonyl (C=O) groups is 1. The molecule has 0 radical (unpaired) electrons. The quantitative estimate of drug-likeness (QED) is 0.811. The zero-order chi connectivity index (χ0) is 13.7. The molecule has 0 spiro atoms. The lowest BCUT2D eigenvalue weighted by atomic mass is 10.3. The molecule has 0 bridgehead atoms. The fraction of sp³-hybridized carbons (Fsp3) is 0.500. The highest BCUT2D eigenvalue weighted by atomic mass is 19.1. The fourth-order valence-corrected chi connectivity index (χ4v) is 1.68. The summed E-state index contributed by atoms with van der Waals surface area (Å²) in [5.74, 6) is 0.422. The summed E-state index contributed by atoms with van der Waals surface area (Å²) in [7, 11) is 1.88. The average molecular weight is 266 g/mol. The minimum atomic E-state index is -0.277. The SMILES string of the molecule is CN(CCOc1ccc(F)cc1)CC(=O)NC1CC1. The molecule has 0 aromatic heterocycles. The summed E-state index contributed by atoms with van der Waals surface area (Å²) in [6.45, 7) is 1.50. The molecular weight excluding hydrogens is 247 g/mol. The Balaban J connectivity index is 1.61. The van der Waals surface area contributed by atoms with Gasteiger partial charge in [0.15, 0.2) is 0 Å². The molecule has 0 saturated heterocycles. The number of ether oxygens (including phenoxy) is 1. The first-order valence-electron chi connectivity index (χ1n) is 6.50. The van der Waals surface area contributed by atoms with Gasteiger partial charge < -0.3 is 10.1 Å². The van der Waals surface area contributed by atoms with Crippen LogP contribution in [0.4, 0.5) is 4.39 Å². The summed E-state index contributed by atoms with van der Waals surface area (Å²) in [5, 5.41) is 2.94. The predicted octanol–water partition coefficient (Wildman–Crippen LogP) is 1.41. The van der Waals surface area contributed by atoms with E-state index in [1.807, 2.05) is 11.9 Å². The summed E-state index contributed by atoms with van der Waals surface area (Å²) in [6.07, 6.45) is 2.20. The molecule has 1 amide bonds. The van der Waals surface area contributed by atoms with E-state index >= 15 is 0 Å². The Bertz CT molecular complexity index is 418. The first-order chi connectivity index (χ1) is 9.13. The summed E-state index contributed by atoms with van der Waals surface area (Å²) in [6, 6.07) is 6.31. The van der Waals surface area contributed by atoms with Crippen molar-refractivity contribution in [2.45, 2.75) is 18.9 Å². The van der Waals surface area contributed by atoms with Gasteiger partial charge >= 0.3 is 0 Å². The third-order valence-corrected chi connectivity index (χ3v) is 2.91. The first kappa shape index (κ1) is 13.8. The lowest BCUT2D eigenvalue weighted by molar-refractivity contribution is -0.122. The van der Waals surface area contributed by atoms with Crippen molar-refractivity contribution >= 4 is 5.91 Å². The Morgan fingerprint density at radius 3 is 2.74 bits per heavy atom.